The molecule has 1 atom stereocenters. The summed E-state index contributed by atoms with van der Waals surface area (Å²) in [4.78, 5) is 25.7. The third-order valence-electron chi connectivity index (χ3n) is 4.69. The van der Waals surface area contributed by atoms with Crippen molar-refractivity contribution in [3.05, 3.63) is 46.7 Å². The van der Waals surface area contributed by atoms with Crippen LogP contribution in [0.15, 0.2) is 41.8 Å². The molecule has 2 N–H and O–H groups in total. The summed E-state index contributed by atoms with van der Waals surface area (Å²) in [5, 5.41) is 7.59. The molecule has 27 heavy (non-hydrogen) atoms. The summed E-state index contributed by atoms with van der Waals surface area (Å²) in [5.41, 5.74) is 0.673. The summed E-state index contributed by atoms with van der Waals surface area (Å²) in [6, 6.07) is 10.4. The van der Waals surface area contributed by atoms with E-state index in [0.717, 1.165) is 18.6 Å². The molecule has 1 aliphatic carbocycles. The molecule has 3 rings (SSSR count). The molecule has 5 nitrogen and oxygen atoms in total. The molecule has 0 saturated heterocycles. The highest BCUT2D eigenvalue weighted by Crippen LogP contribution is 2.26. The molecule has 0 radical (unpaired) electrons. The van der Waals surface area contributed by atoms with Gasteiger partial charge >= 0.3 is 0 Å². The van der Waals surface area contributed by atoms with E-state index in [1.54, 1.807) is 6.07 Å². The van der Waals surface area contributed by atoms with Crippen LogP contribution in [0, 0.1) is 5.92 Å². The van der Waals surface area contributed by atoms with Gasteiger partial charge in [-0.05, 0) is 55.2 Å². The lowest BCUT2D eigenvalue weighted by Crippen LogP contribution is -2.46. The predicted octanol–water partition coefficient (Wildman–Crippen LogP) is 4.46. The van der Waals surface area contributed by atoms with Crippen molar-refractivity contribution < 1.29 is 14.3 Å². The van der Waals surface area contributed by atoms with Gasteiger partial charge < -0.3 is 15.4 Å². The van der Waals surface area contributed by atoms with E-state index < -0.39 is 6.04 Å². The average Bonchev–Trinajstić information content (AvgIpc) is 3.33. The highest BCUT2D eigenvalue weighted by Gasteiger charge is 2.25. The van der Waals surface area contributed by atoms with Crippen LogP contribution in [-0.2, 0) is 4.79 Å². The van der Waals surface area contributed by atoms with Crippen LogP contribution in [0.3, 0.4) is 0 Å². The fraction of sp³-hybridized carbons (Fsp3) is 0.429. The van der Waals surface area contributed by atoms with E-state index >= 15 is 0 Å². The van der Waals surface area contributed by atoms with Gasteiger partial charge in [-0.25, -0.2) is 0 Å². The Morgan fingerprint density at radius 3 is 2.59 bits per heavy atom. The predicted molar refractivity (Wildman–Crippen MR) is 108 cm³/mol. The molecule has 6 heteroatoms. The van der Waals surface area contributed by atoms with Crippen molar-refractivity contribution in [2.24, 2.45) is 5.92 Å². The van der Waals surface area contributed by atoms with E-state index in [1.807, 2.05) is 49.6 Å². The number of nitrogens with one attached hydrogen (secondary N) is 2. The minimum absolute atomic E-state index is 0.0353. The normalized spacial score (nSPS) is 15.5. The van der Waals surface area contributed by atoms with Crippen molar-refractivity contribution in [2.75, 3.05) is 5.32 Å². The number of hydrogen-bond donors (Lipinski definition) is 2. The van der Waals surface area contributed by atoms with Crippen molar-refractivity contribution in [3.63, 3.8) is 0 Å². The molecule has 2 aromatic rings. The third kappa shape index (κ3) is 5.32. The van der Waals surface area contributed by atoms with Gasteiger partial charge in [0, 0.05) is 11.8 Å². The second-order valence-corrected chi connectivity index (χ2v) is 8.16. The maximum atomic E-state index is 12.8. The Hall–Kier alpha value is -2.34. The van der Waals surface area contributed by atoms with Crippen molar-refractivity contribution in [3.8, 4) is 5.75 Å². The number of carbonyl (C=O) groups excluding carboxylic acids is 2. The monoisotopic (exact) mass is 386 g/mol. The van der Waals surface area contributed by atoms with Crippen LogP contribution in [0.25, 0.3) is 0 Å². The smallest absolute Gasteiger partial charge is 0.262 e. The topological polar surface area (TPSA) is 67.4 Å². The standard InChI is InChI=1S/C21H26N2O3S/c1-14(2)19(23-20(24)18-11-6-12-27-18)21(25)22-15-7-5-10-17(13-15)26-16-8-3-4-9-16/h5-7,10-14,16,19H,3-4,8-9H2,1-2H3,(H,22,25)(H,23,24)/t19-/m0/s1. The summed E-state index contributed by atoms with van der Waals surface area (Å²) in [6.45, 7) is 3.83. The summed E-state index contributed by atoms with van der Waals surface area (Å²) >= 11 is 1.36. The average molecular weight is 387 g/mol. The van der Waals surface area contributed by atoms with Crippen LogP contribution in [0.1, 0.15) is 49.2 Å². The van der Waals surface area contributed by atoms with Crippen molar-refractivity contribution in [1.82, 2.24) is 5.32 Å². The quantitative estimate of drug-likeness (QED) is 0.738. The molecule has 1 aliphatic rings. The van der Waals surface area contributed by atoms with E-state index in [0.29, 0.717) is 10.6 Å². The van der Waals surface area contributed by atoms with Crippen molar-refractivity contribution >= 4 is 28.8 Å². The zero-order valence-corrected chi connectivity index (χ0v) is 16.6. The van der Waals surface area contributed by atoms with E-state index in [-0.39, 0.29) is 23.8 Å². The molecule has 1 heterocycles. The van der Waals surface area contributed by atoms with Gasteiger partial charge in [-0.3, -0.25) is 9.59 Å². The van der Waals surface area contributed by atoms with E-state index in [2.05, 4.69) is 10.6 Å². The minimum Gasteiger partial charge on any atom is -0.490 e. The summed E-state index contributed by atoms with van der Waals surface area (Å²) in [7, 11) is 0. The number of benzene rings is 1. The molecular formula is C21H26N2O3S. The summed E-state index contributed by atoms with van der Waals surface area (Å²) < 4.78 is 6.00. The van der Waals surface area contributed by atoms with Crippen LogP contribution in [0.4, 0.5) is 5.69 Å². The number of thiophene rings is 1. The molecule has 0 unspecified atom stereocenters. The number of carbonyl (C=O) groups is 2. The van der Waals surface area contributed by atoms with Crippen LogP contribution >= 0.6 is 11.3 Å². The van der Waals surface area contributed by atoms with Gasteiger partial charge in [0.1, 0.15) is 11.8 Å². The fourth-order valence-corrected chi connectivity index (χ4v) is 3.85. The van der Waals surface area contributed by atoms with Crippen LogP contribution in [0.5, 0.6) is 5.75 Å². The molecule has 1 aromatic carbocycles. The van der Waals surface area contributed by atoms with Crippen LogP contribution in [-0.4, -0.2) is 24.0 Å². The molecule has 1 saturated carbocycles. The largest absolute Gasteiger partial charge is 0.490 e. The van der Waals surface area contributed by atoms with E-state index in [1.165, 1.54) is 24.2 Å². The maximum absolute atomic E-state index is 12.8. The Bertz CT molecular complexity index is 767. The number of rotatable bonds is 7. The Balaban J connectivity index is 1.63. The SMILES string of the molecule is CC(C)[C@H](NC(=O)c1cccs1)C(=O)Nc1cccc(OC2CCCC2)c1. The highest BCUT2D eigenvalue weighted by atomic mass is 32.1. The Labute approximate surface area is 164 Å². The molecule has 1 fully saturated rings. The molecule has 1 aromatic heterocycles. The first-order valence-electron chi connectivity index (χ1n) is 9.45. The second kappa shape index (κ2) is 9.04. The molecule has 0 aliphatic heterocycles. The molecule has 2 amide bonds. The van der Waals surface area contributed by atoms with Gasteiger partial charge in [-0.15, -0.1) is 11.3 Å². The summed E-state index contributed by atoms with van der Waals surface area (Å²) in [6.07, 6.45) is 4.86. The molecular weight excluding hydrogens is 360 g/mol. The number of hydrogen-bond acceptors (Lipinski definition) is 4. The molecule has 0 bridgehead atoms. The number of amides is 2. The maximum Gasteiger partial charge on any atom is 0.262 e. The first kappa shape index (κ1) is 19.4. The number of anilines is 1. The van der Waals surface area contributed by atoms with Gasteiger partial charge in [-0.2, -0.15) is 0 Å². The lowest BCUT2D eigenvalue weighted by molar-refractivity contribution is -0.118. The van der Waals surface area contributed by atoms with Gasteiger partial charge in [0.05, 0.1) is 11.0 Å². The first-order chi connectivity index (χ1) is 13.0. The zero-order chi connectivity index (χ0) is 19.2. The lowest BCUT2D eigenvalue weighted by Gasteiger charge is -2.22. The summed E-state index contributed by atoms with van der Waals surface area (Å²) in [5.74, 6) is 0.278. The van der Waals surface area contributed by atoms with Gasteiger partial charge in [-0.1, -0.05) is 26.0 Å². The zero-order valence-electron chi connectivity index (χ0n) is 15.7. The highest BCUT2D eigenvalue weighted by molar-refractivity contribution is 7.12. The minimum atomic E-state index is -0.612. The van der Waals surface area contributed by atoms with Gasteiger partial charge in [0.2, 0.25) is 5.91 Å². The fourth-order valence-electron chi connectivity index (χ4n) is 3.22. The van der Waals surface area contributed by atoms with E-state index in [9.17, 15) is 9.59 Å². The van der Waals surface area contributed by atoms with Gasteiger partial charge in [0.15, 0.2) is 0 Å². The Morgan fingerprint density at radius 2 is 1.93 bits per heavy atom. The third-order valence-corrected chi connectivity index (χ3v) is 5.56. The lowest BCUT2D eigenvalue weighted by atomic mass is 10.0. The Kier molecular flexibility index (Phi) is 6.50. The van der Waals surface area contributed by atoms with E-state index in [4.69, 9.17) is 4.74 Å². The number of ether oxygens (including phenoxy) is 1. The van der Waals surface area contributed by atoms with Crippen LogP contribution in [0.2, 0.25) is 0 Å². The molecule has 0 spiro atoms. The van der Waals surface area contributed by atoms with Crippen molar-refractivity contribution in [1.29, 1.82) is 0 Å². The van der Waals surface area contributed by atoms with Crippen molar-refractivity contribution in [2.45, 2.75) is 51.7 Å². The second-order valence-electron chi connectivity index (χ2n) is 7.21. The molecule has 144 valence electrons. The Morgan fingerprint density at radius 1 is 1.15 bits per heavy atom. The van der Waals surface area contributed by atoms with Gasteiger partial charge in [0.25, 0.3) is 5.91 Å². The first-order valence-corrected chi connectivity index (χ1v) is 10.3. The van der Waals surface area contributed by atoms with Crippen LogP contribution < -0.4 is 15.4 Å².